The van der Waals surface area contributed by atoms with Crippen molar-refractivity contribution in [2.75, 3.05) is 11.9 Å². The monoisotopic (exact) mass is 221 g/mol. The number of aryl methyl sites for hydroxylation is 2. The van der Waals surface area contributed by atoms with Gasteiger partial charge in [0.15, 0.2) is 0 Å². The molecule has 2 heterocycles. The van der Waals surface area contributed by atoms with Crippen molar-refractivity contribution in [1.82, 2.24) is 14.7 Å². The van der Waals surface area contributed by atoms with Crippen LogP contribution in [0.4, 0.5) is 5.69 Å². The number of nitrogens with one attached hydrogen (secondary N) is 1. The van der Waals surface area contributed by atoms with E-state index in [1.165, 1.54) is 4.90 Å². The molecule has 1 aromatic rings. The van der Waals surface area contributed by atoms with E-state index in [0.29, 0.717) is 12.8 Å². The molecule has 0 spiro atoms. The van der Waals surface area contributed by atoms with Gasteiger partial charge in [-0.15, -0.1) is 0 Å². The first-order chi connectivity index (χ1) is 7.63. The third kappa shape index (κ3) is 1.61. The molecule has 0 saturated heterocycles. The summed E-state index contributed by atoms with van der Waals surface area (Å²) in [5.74, 6) is -0.136. The van der Waals surface area contributed by atoms with Crippen LogP contribution in [0.1, 0.15) is 12.1 Å². The summed E-state index contributed by atoms with van der Waals surface area (Å²) < 4.78 is 1.70. The zero-order chi connectivity index (χ0) is 11.7. The molecule has 1 unspecified atom stereocenters. The highest BCUT2D eigenvalue weighted by Gasteiger charge is 2.32. The molecule has 0 aliphatic carbocycles. The van der Waals surface area contributed by atoms with Gasteiger partial charge in [0.25, 0.3) is 5.91 Å². The normalized spacial score (nSPS) is 20.0. The van der Waals surface area contributed by atoms with Crippen LogP contribution in [-0.2, 0) is 18.3 Å². The van der Waals surface area contributed by atoms with Gasteiger partial charge < -0.3 is 4.90 Å². The summed E-state index contributed by atoms with van der Waals surface area (Å²) in [5.41, 5.74) is 8.40. The van der Waals surface area contributed by atoms with Crippen molar-refractivity contribution in [3.05, 3.63) is 11.9 Å². The van der Waals surface area contributed by atoms with Gasteiger partial charge in [0.1, 0.15) is 10.6 Å². The molecule has 1 aromatic heterocycles. The van der Waals surface area contributed by atoms with Gasteiger partial charge in [0.05, 0.1) is 11.4 Å². The number of hydrogen-bond acceptors (Lipinski definition) is 4. The van der Waals surface area contributed by atoms with E-state index in [1.54, 1.807) is 11.7 Å². The Labute approximate surface area is 92.3 Å². The molecule has 1 N–H and O–H groups in total. The Morgan fingerprint density at radius 2 is 2.38 bits per heavy atom. The lowest BCUT2D eigenvalue weighted by Crippen LogP contribution is -2.34. The lowest BCUT2D eigenvalue weighted by molar-refractivity contribution is -0.119. The van der Waals surface area contributed by atoms with Gasteiger partial charge in [0, 0.05) is 20.3 Å². The van der Waals surface area contributed by atoms with E-state index in [1.807, 2.05) is 13.2 Å². The summed E-state index contributed by atoms with van der Waals surface area (Å²) in [6, 6.07) is -0.554. The topological polar surface area (TPSA) is 88.4 Å². The second-order valence-electron chi connectivity index (χ2n) is 3.80. The molecular weight excluding hydrogens is 208 g/mol. The average Bonchev–Trinajstić information content (AvgIpc) is 2.59. The highest BCUT2D eigenvalue weighted by atomic mass is 16.2. The maximum Gasteiger partial charge on any atom is 0.259 e. The highest BCUT2D eigenvalue weighted by molar-refractivity contribution is 5.97. The van der Waals surface area contributed by atoms with E-state index in [4.69, 9.17) is 5.53 Å². The first kappa shape index (κ1) is 10.5. The minimum Gasteiger partial charge on any atom is -0.310 e. The Morgan fingerprint density at radius 3 is 3.06 bits per heavy atom. The van der Waals surface area contributed by atoms with E-state index in [0.717, 1.165) is 11.4 Å². The molecule has 2 rings (SSSR count). The minimum atomic E-state index is -0.554. The lowest BCUT2D eigenvalue weighted by atomic mass is 10.1. The lowest BCUT2D eigenvalue weighted by Gasteiger charge is -2.14. The van der Waals surface area contributed by atoms with Crippen LogP contribution in [-0.4, -0.2) is 28.8 Å². The molecule has 7 heteroatoms. The van der Waals surface area contributed by atoms with E-state index in [-0.39, 0.29) is 5.91 Å². The first-order valence-corrected chi connectivity index (χ1v) is 5.00. The molecule has 7 nitrogen and oxygen atoms in total. The van der Waals surface area contributed by atoms with Crippen LogP contribution in [0, 0.1) is 5.53 Å². The number of fused-ring (bicyclic) bond motifs is 1. The quantitative estimate of drug-likeness (QED) is 0.544. The molecule has 1 amide bonds. The van der Waals surface area contributed by atoms with Crippen LogP contribution in [0.3, 0.4) is 0 Å². The van der Waals surface area contributed by atoms with Gasteiger partial charge in [-0.25, -0.2) is 0 Å². The molecule has 1 atom stereocenters. The standard InChI is InChI=1S/C9H13N6O/c1-14-5-8-6(12-14)3-4-7(11-13-10)9(16)15(8)2/h5,7,10H,3-4H2,1-2H3/q+1. The van der Waals surface area contributed by atoms with Gasteiger partial charge in [0.2, 0.25) is 11.0 Å². The fraction of sp³-hybridized carbons (Fsp3) is 0.556. The predicted octanol–water partition coefficient (Wildman–Crippen LogP) is 0.248. The number of anilines is 1. The Kier molecular flexibility index (Phi) is 2.54. The Hall–Kier alpha value is -2.01. The summed E-state index contributed by atoms with van der Waals surface area (Å²) >= 11 is 0. The number of amides is 1. The molecule has 1 aliphatic rings. The van der Waals surface area contributed by atoms with Crippen molar-refractivity contribution in [3.63, 3.8) is 0 Å². The van der Waals surface area contributed by atoms with E-state index in [9.17, 15) is 4.79 Å². The molecule has 16 heavy (non-hydrogen) atoms. The van der Waals surface area contributed by atoms with Crippen LogP contribution in [0.5, 0.6) is 0 Å². The fourth-order valence-corrected chi connectivity index (χ4v) is 1.90. The molecule has 1 aliphatic heterocycles. The summed E-state index contributed by atoms with van der Waals surface area (Å²) in [7, 11) is 3.52. The Bertz CT molecular complexity index is 472. The van der Waals surface area contributed by atoms with Crippen molar-refractivity contribution in [2.45, 2.75) is 18.9 Å². The van der Waals surface area contributed by atoms with Crippen LogP contribution in [0.25, 0.3) is 0 Å². The van der Waals surface area contributed by atoms with E-state index >= 15 is 0 Å². The number of aromatic nitrogens is 2. The van der Waals surface area contributed by atoms with Gasteiger partial charge >= 0.3 is 0 Å². The van der Waals surface area contributed by atoms with Gasteiger partial charge in [-0.2, -0.15) is 5.10 Å². The van der Waals surface area contributed by atoms with Crippen molar-refractivity contribution < 1.29 is 4.79 Å². The summed E-state index contributed by atoms with van der Waals surface area (Å²) in [5, 5.41) is 7.92. The smallest absolute Gasteiger partial charge is 0.259 e. The number of carbonyl (C=O) groups is 1. The molecule has 0 radical (unpaired) electrons. The largest absolute Gasteiger partial charge is 0.310 e. The van der Waals surface area contributed by atoms with Crippen LogP contribution >= 0.6 is 0 Å². The van der Waals surface area contributed by atoms with Crippen LogP contribution < -0.4 is 9.81 Å². The Morgan fingerprint density at radius 1 is 1.62 bits per heavy atom. The summed E-state index contributed by atoms with van der Waals surface area (Å²) in [4.78, 5) is 16.4. The maximum absolute atomic E-state index is 12.0. The van der Waals surface area contributed by atoms with Gasteiger partial charge in [-0.05, 0) is 12.8 Å². The number of nitrogens with zero attached hydrogens (tertiary/aromatic N) is 5. The highest BCUT2D eigenvalue weighted by Crippen LogP contribution is 2.25. The molecule has 0 fully saturated rings. The predicted molar refractivity (Wildman–Crippen MR) is 56.0 cm³/mol. The first-order valence-electron chi connectivity index (χ1n) is 5.00. The maximum atomic E-state index is 12.0. The van der Waals surface area contributed by atoms with Crippen molar-refractivity contribution in [3.8, 4) is 0 Å². The summed E-state index contributed by atoms with van der Waals surface area (Å²) in [6.07, 6.45) is 3.04. The third-order valence-electron chi connectivity index (χ3n) is 2.71. The number of hydrogen-bond donors (Lipinski definition) is 1. The zero-order valence-electron chi connectivity index (χ0n) is 9.21. The molecule has 0 aromatic carbocycles. The third-order valence-corrected chi connectivity index (χ3v) is 2.71. The molecule has 0 bridgehead atoms. The fourth-order valence-electron chi connectivity index (χ4n) is 1.90. The van der Waals surface area contributed by atoms with Crippen molar-refractivity contribution in [2.24, 2.45) is 12.2 Å². The molecule has 0 saturated carbocycles. The van der Waals surface area contributed by atoms with Gasteiger partial charge in [-0.3, -0.25) is 9.48 Å². The van der Waals surface area contributed by atoms with Crippen molar-refractivity contribution >= 4 is 11.6 Å². The van der Waals surface area contributed by atoms with Gasteiger partial charge in [-0.1, -0.05) is 0 Å². The number of rotatable bonds is 1. The van der Waals surface area contributed by atoms with E-state index in [2.05, 4.69) is 15.1 Å². The average molecular weight is 221 g/mol. The minimum absolute atomic E-state index is 0.136. The second-order valence-corrected chi connectivity index (χ2v) is 3.80. The molecular formula is C9H13N6O+. The Balaban J connectivity index is 2.38. The van der Waals surface area contributed by atoms with Crippen LogP contribution in [0.15, 0.2) is 11.3 Å². The molecule has 84 valence electrons. The number of carbonyl (C=O) groups excluding carboxylic acids is 1. The number of likely N-dealkylation sites (N-methyl/N-ethyl adjacent to an activating group) is 1. The van der Waals surface area contributed by atoms with Crippen LogP contribution in [0.2, 0.25) is 0 Å². The zero-order valence-corrected chi connectivity index (χ0v) is 9.21. The summed E-state index contributed by atoms with van der Waals surface area (Å²) in [6.45, 7) is 0. The van der Waals surface area contributed by atoms with Crippen molar-refractivity contribution in [1.29, 1.82) is 5.53 Å². The van der Waals surface area contributed by atoms with E-state index < -0.39 is 6.04 Å². The SMILES string of the molecule is CN1C(=O)C(N=[N+]=N)CCc2nn(C)cc21. The second kappa shape index (κ2) is 3.86.